The maximum Gasteiger partial charge on any atom is 0.337 e. The molecular formula is C18H20O10. The van der Waals surface area contributed by atoms with Crippen molar-refractivity contribution in [1.82, 2.24) is 0 Å². The Morgan fingerprint density at radius 1 is 0.750 bits per heavy atom. The number of methoxy groups -OCH3 is 2. The molecule has 2 unspecified atom stereocenters. The molecule has 152 valence electrons. The third-order valence-electron chi connectivity index (χ3n) is 3.51. The second-order valence-electron chi connectivity index (χ2n) is 5.34. The van der Waals surface area contributed by atoms with Crippen molar-refractivity contribution in [3.05, 3.63) is 47.5 Å². The standard InChI is InChI=1S/2C9H10O5/c1-14-7-3-2-5(4-6(7)10)8(11)9(12)13;1-14-7-4-5(2-3-6(7)10)8(11)9(12)13/h2*2-4,8,10-11H,1H3,(H,12,13). The first kappa shape index (κ1) is 22.5. The summed E-state index contributed by atoms with van der Waals surface area (Å²) in [6.07, 6.45) is -3.24. The quantitative estimate of drug-likeness (QED) is 0.414. The number of carboxylic acids is 2. The van der Waals surface area contributed by atoms with E-state index >= 15 is 0 Å². The van der Waals surface area contributed by atoms with Crippen LogP contribution in [0.3, 0.4) is 0 Å². The van der Waals surface area contributed by atoms with E-state index in [4.69, 9.17) is 24.8 Å². The number of aromatic hydroxyl groups is 2. The van der Waals surface area contributed by atoms with Crippen LogP contribution in [0.4, 0.5) is 0 Å². The van der Waals surface area contributed by atoms with E-state index in [1.807, 2.05) is 0 Å². The second kappa shape index (κ2) is 10.00. The van der Waals surface area contributed by atoms with E-state index < -0.39 is 24.1 Å². The van der Waals surface area contributed by atoms with Crippen LogP contribution >= 0.6 is 0 Å². The van der Waals surface area contributed by atoms with Gasteiger partial charge in [-0.2, -0.15) is 0 Å². The molecule has 2 aromatic rings. The van der Waals surface area contributed by atoms with Gasteiger partial charge in [0, 0.05) is 0 Å². The number of hydrogen-bond acceptors (Lipinski definition) is 8. The zero-order valence-electron chi connectivity index (χ0n) is 14.9. The van der Waals surface area contributed by atoms with Crippen molar-refractivity contribution in [3.63, 3.8) is 0 Å². The number of phenolic OH excluding ortho intramolecular Hbond substituents is 2. The van der Waals surface area contributed by atoms with Crippen molar-refractivity contribution < 1.29 is 49.7 Å². The molecule has 2 atom stereocenters. The average Bonchev–Trinajstić information content (AvgIpc) is 2.67. The maximum absolute atomic E-state index is 10.4. The van der Waals surface area contributed by atoms with Gasteiger partial charge < -0.3 is 40.1 Å². The van der Waals surface area contributed by atoms with Crippen molar-refractivity contribution >= 4 is 11.9 Å². The summed E-state index contributed by atoms with van der Waals surface area (Å²) in [5, 5.41) is 53.8. The Balaban J connectivity index is 0.000000280. The fourth-order valence-corrected chi connectivity index (χ4v) is 2.03. The average molecular weight is 396 g/mol. The van der Waals surface area contributed by atoms with Crippen LogP contribution in [0.25, 0.3) is 0 Å². The smallest absolute Gasteiger partial charge is 0.337 e. The monoisotopic (exact) mass is 396 g/mol. The van der Waals surface area contributed by atoms with Crippen molar-refractivity contribution in [1.29, 1.82) is 0 Å². The molecule has 0 bridgehead atoms. The number of benzene rings is 2. The minimum Gasteiger partial charge on any atom is -0.504 e. The first-order chi connectivity index (χ1) is 13.1. The van der Waals surface area contributed by atoms with Gasteiger partial charge in [0.2, 0.25) is 0 Å². The SMILES string of the molecule is COc1cc(C(O)C(=O)O)ccc1O.COc1ccc(C(O)C(=O)O)cc1O. The van der Waals surface area contributed by atoms with E-state index in [1.54, 1.807) is 0 Å². The normalized spacial score (nSPS) is 12.1. The Hall–Kier alpha value is -3.50. The van der Waals surface area contributed by atoms with Gasteiger partial charge in [-0.25, -0.2) is 9.59 Å². The molecule has 28 heavy (non-hydrogen) atoms. The number of hydrogen-bond donors (Lipinski definition) is 6. The lowest BCUT2D eigenvalue weighted by molar-refractivity contribution is -0.147. The molecule has 10 nitrogen and oxygen atoms in total. The summed E-state index contributed by atoms with van der Waals surface area (Å²) >= 11 is 0. The van der Waals surface area contributed by atoms with Crippen LogP contribution in [-0.4, -0.2) is 56.8 Å². The molecule has 0 radical (unpaired) electrons. The van der Waals surface area contributed by atoms with Crippen LogP contribution in [0.2, 0.25) is 0 Å². The van der Waals surface area contributed by atoms with Gasteiger partial charge >= 0.3 is 11.9 Å². The molecule has 0 fully saturated rings. The highest BCUT2D eigenvalue weighted by atomic mass is 16.5. The predicted octanol–water partition coefficient (Wildman–Crippen LogP) is 1.04. The first-order valence-electron chi connectivity index (χ1n) is 7.67. The van der Waals surface area contributed by atoms with Gasteiger partial charge in [-0.3, -0.25) is 0 Å². The van der Waals surface area contributed by atoms with Gasteiger partial charge in [0.25, 0.3) is 0 Å². The summed E-state index contributed by atoms with van der Waals surface area (Å²) < 4.78 is 9.52. The van der Waals surface area contributed by atoms with Gasteiger partial charge in [-0.05, 0) is 35.4 Å². The van der Waals surface area contributed by atoms with E-state index in [2.05, 4.69) is 0 Å². The van der Waals surface area contributed by atoms with E-state index in [-0.39, 0.29) is 34.1 Å². The molecule has 0 saturated carbocycles. The Labute approximate surface area is 159 Å². The Morgan fingerprint density at radius 3 is 1.64 bits per heavy atom. The Bertz CT molecular complexity index is 833. The largest absolute Gasteiger partial charge is 0.504 e. The highest BCUT2D eigenvalue weighted by Gasteiger charge is 2.18. The number of ether oxygens (including phenoxy) is 2. The Morgan fingerprint density at radius 2 is 1.21 bits per heavy atom. The number of carbonyl (C=O) groups is 2. The molecule has 10 heteroatoms. The highest BCUT2D eigenvalue weighted by Crippen LogP contribution is 2.29. The summed E-state index contributed by atoms with van der Waals surface area (Å²) in [5.74, 6) is -2.67. The molecule has 6 N–H and O–H groups in total. The zero-order chi connectivity index (χ0) is 21.4. The summed E-state index contributed by atoms with van der Waals surface area (Å²) in [7, 11) is 2.72. The van der Waals surface area contributed by atoms with Crippen LogP contribution in [0.5, 0.6) is 23.0 Å². The van der Waals surface area contributed by atoms with Gasteiger partial charge in [0.05, 0.1) is 14.2 Å². The molecule has 0 spiro atoms. The summed E-state index contributed by atoms with van der Waals surface area (Å²) in [4.78, 5) is 20.8. The van der Waals surface area contributed by atoms with Gasteiger partial charge in [-0.1, -0.05) is 12.1 Å². The summed E-state index contributed by atoms with van der Waals surface area (Å²) in [6.45, 7) is 0. The number of phenols is 2. The fourth-order valence-electron chi connectivity index (χ4n) is 2.03. The van der Waals surface area contributed by atoms with E-state index in [0.29, 0.717) is 0 Å². The first-order valence-corrected chi connectivity index (χ1v) is 7.67. The fraction of sp³-hybridized carbons (Fsp3) is 0.222. The summed E-state index contributed by atoms with van der Waals surface area (Å²) in [6, 6.07) is 7.76. The third-order valence-corrected chi connectivity index (χ3v) is 3.51. The minimum atomic E-state index is -1.63. The molecular weight excluding hydrogens is 376 g/mol. The lowest BCUT2D eigenvalue weighted by Crippen LogP contribution is -2.10. The lowest BCUT2D eigenvalue weighted by atomic mass is 10.1. The van der Waals surface area contributed by atoms with Gasteiger partial charge in [0.15, 0.2) is 35.2 Å². The number of aliphatic hydroxyl groups excluding tert-OH is 2. The molecule has 0 saturated heterocycles. The van der Waals surface area contributed by atoms with Gasteiger partial charge in [0.1, 0.15) is 0 Å². The van der Waals surface area contributed by atoms with Gasteiger partial charge in [-0.15, -0.1) is 0 Å². The van der Waals surface area contributed by atoms with Crippen LogP contribution in [0.15, 0.2) is 36.4 Å². The van der Waals surface area contributed by atoms with Crippen molar-refractivity contribution in [2.24, 2.45) is 0 Å². The Kier molecular flexibility index (Phi) is 8.05. The zero-order valence-corrected chi connectivity index (χ0v) is 14.9. The molecule has 2 rings (SSSR count). The predicted molar refractivity (Wildman–Crippen MR) is 94.5 cm³/mol. The van der Waals surface area contributed by atoms with Crippen LogP contribution in [0, 0.1) is 0 Å². The number of aliphatic hydroxyl groups is 2. The van der Waals surface area contributed by atoms with E-state index in [1.165, 1.54) is 44.6 Å². The number of aliphatic carboxylic acids is 2. The molecule has 0 aliphatic rings. The van der Waals surface area contributed by atoms with E-state index in [0.717, 1.165) is 6.07 Å². The van der Waals surface area contributed by atoms with Crippen molar-refractivity contribution in [2.45, 2.75) is 12.2 Å². The third kappa shape index (κ3) is 5.76. The molecule has 0 aromatic heterocycles. The van der Waals surface area contributed by atoms with E-state index in [9.17, 15) is 24.9 Å². The lowest BCUT2D eigenvalue weighted by Gasteiger charge is -2.08. The molecule has 0 aliphatic carbocycles. The second-order valence-corrected chi connectivity index (χ2v) is 5.34. The molecule has 2 aromatic carbocycles. The van der Waals surface area contributed by atoms with Crippen LogP contribution in [0.1, 0.15) is 23.3 Å². The number of carboxylic acid groups (broad SMARTS) is 2. The maximum atomic E-state index is 10.4. The highest BCUT2D eigenvalue weighted by molar-refractivity contribution is 5.74. The van der Waals surface area contributed by atoms with Crippen LogP contribution in [-0.2, 0) is 9.59 Å². The topological polar surface area (TPSA) is 174 Å². The number of rotatable bonds is 6. The molecule has 0 aliphatic heterocycles. The molecule has 0 amide bonds. The molecule has 0 heterocycles. The van der Waals surface area contributed by atoms with Crippen LogP contribution < -0.4 is 9.47 Å². The van der Waals surface area contributed by atoms with Crippen molar-refractivity contribution in [3.8, 4) is 23.0 Å². The van der Waals surface area contributed by atoms with Crippen molar-refractivity contribution in [2.75, 3.05) is 14.2 Å². The summed E-state index contributed by atoms with van der Waals surface area (Å²) in [5.41, 5.74) is 0.267. The minimum absolute atomic E-state index is 0.103.